The van der Waals surface area contributed by atoms with Gasteiger partial charge in [0, 0.05) is 19.0 Å². The minimum atomic E-state index is -0.534. The average Bonchev–Trinajstić information content (AvgIpc) is 3.23. The van der Waals surface area contributed by atoms with E-state index >= 15 is 0 Å². The van der Waals surface area contributed by atoms with Gasteiger partial charge in [-0.05, 0) is 61.1 Å². The van der Waals surface area contributed by atoms with Crippen LogP contribution in [0.1, 0.15) is 24.0 Å². The molecule has 2 aromatic carbocycles. The maximum atomic E-state index is 12.6. The Kier molecular flexibility index (Phi) is 8.20. The summed E-state index contributed by atoms with van der Waals surface area (Å²) in [6, 6.07) is 11.0. The van der Waals surface area contributed by atoms with Gasteiger partial charge in [0.15, 0.2) is 23.0 Å². The lowest BCUT2D eigenvalue weighted by molar-refractivity contribution is -0.141. The molecule has 0 aromatic heterocycles. The van der Waals surface area contributed by atoms with E-state index in [-0.39, 0.29) is 24.3 Å². The molecule has 1 amide bonds. The fourth-order valence-corrected chi connectivity index (χ4v) is 4.82. The predicted molar refractivity (Wildman–Crippen MR) is 131 cm³/mol. The van der Waals surface area contributed by atoms with Gasteiger partial charge in [-0.25, -0.2) is 4.79 Å². The molecule has 0 radical (unpaired) electrons. The SMILES string of the molecule is COc1ccc(C[C@H]2COC(=O)[C@@H]2Cc2ccc(OC(=O)N3CCCC(O)C3)c(OC)c2)cc1OC. The van der Waals surface area contributed by atoms with Crippen molar-refractivity contribution in [2.75, 3.05) is 41.0 Å². The molecule has 0 spiro atoms. The van der Waals surface area contributed by atoms with Crippen LogP contribution in [-0.2, 0) is 22.4 Å². The van der Waals surface area contributed by atoms with Crippen molar-refractivity contribution in [3.63, 3.8) is 0 Å². The number of likely N-dealkylation sites (tertiary alicyclic amines) is 1. The highest BCUT2D eigenvalue weighted by atomic mass is 16.6. The van der Waals surface area contributed by atoms with Crippen LogP contribution in [0.15, 0.2) is 36.4 Å². The Bertz CT molecular complexity index is 1090. The molecule has 2 aromatic rings. The molecule has 36 heavy (non-hydrogen) atoms. The van der Waals surface area contributed by atoms with Crippen LogP contribution in [0.2, 0.25) is 0 Å². The molecule has 194 valence electrons. The van der Waals surface area contributed by atoms with Crippen LogP contribution in [0, 0.1) is 11.8 Å². The first-order valence-corrected chi connectivity index (χ1v) is 12.1. The number of carbonyl (C=O) groups excluding carboxylic acids is 2. The van der Waals surface area contributed by atoms with E-state index in [9.17, 15) is 14.7 Å². The Labute approximate surface area is 210 Å². The van der Waals surface area contributed by atoms with E-state index in [0.29, 0.717) is 55.4 Å². The van der Waals surface area contributed by atoms with Crippen molar-refractivity contribution >= 4 is 12.1 Å². The van der Waals surface area contributed by atoms with Crippen LogP contribution in [0.5, 0.6) is 23.0 Å². The van der Waals surface area contributed by atoms with Gasteiger partial charge in [-0.3, -0.25) is 4.79 Å². The van der Waals surface area contributed by atoms with E-state index in [2.05, 4.69) is 0 Å². The number of nitrogens with zero attached hydrogens (tertiary/aromatic N) is 1. The molecule has 9 heteroatoms. The number of ether oxygens (including phenoxy) is 5. The number of benzene rings is 2. The first-order chi connectivity index (χ1) is 17.4. The molecular formula is C27H33NO8. The Morgan fingerprint density at radius 2 is 1.61 bits per heavy atom. The van der Waals surface area contributed by atoms with E-state index in [0.717, 1.165) is 17.5 Å². The Morgan fingerprint density at radius 3 is 2.28 bits per heavy atom. The second-order valence-corrected chi connectivity index (χ2v) is 9.19. The third-order valence-electron chi connectivity index (χ3n) is 6.79. The molecule has 0 bridgehead atoms. The summed E-state index contributed by atoms with van der Waals surface area (Å²) >= 11 is 0. The Morgan fingerprint density at radius 1 is 0.972 bits per heavy atom. The summed E-state index contributed by atoms with van der Waals surface area (Å²) in [5.41, 5.74) is 1.91. The maximum Gasteiger partial charge on any atom is 0.415 e. The number of amides is 1. The quantitative estimate of drug-likeness (QED) is 0.552. The normalized spacial score (nSPS) is 21.6. The minimum Gasteiger partial charge on any atom is -0.493 e. The second kappa shape index (κ2) is 11.5. The van der Waals surface area contributed by atoms with Crippen molar-refractivity contribution in [1.29, 1.82) is 0 Å². The topological polar surface area (TPSA) is 104 Å². The number of β-amino-alcohol motifs (C(OH)–C–C–N with tert-alkyl or cyclic N) is 1. The lowest BCUT2D eigenvalue weighted by Gasteiger charge is -2.29. The summed E-state index contributed by atoms with van der Waals surface area (Å²) in [7, 11) is 4.69. The zero-order valence-electron chi connectivity index (χ0n) is 20.9. The van der Waals surface area contributed by atoms with Gasteiger partial charge in [-0.1, -0.05) is 12.1 Å². The minimum absolute atomic E-state index is 0.00429. The molecule has 4 rings (SSSR count). The fraction of sp³-hybridized carbons (Fsp3) is 0.481. The number of hydrogen-bond donors (Lipinski definition) is 1. The summed E-state index contributed by atoms with van der Waals surface area (Å²) in [5, 5.41) is 9.83. The summed E-state index contributed by atoms with van der Waals surface area (Å²) in [6.07, 6.45) is 1.49. The first-order valence-electron chi connectivity index (χ1n) is 12.1. The summed E-state index contributed by atoms with van der Waals surface area (Å²) in [4.78, 5) is 26.6. The molecule has 2 aliphatic heterocycles. The maximum absolute atomic E-state index is 12.6. The van der Waals surface area contributed by atoms with Crippen molar-refractivity contribution < 1.29 is 38.4 Å². The van der Waals surface area contributed by atoms with Crippen LogP contribution in [0.4, 0.5) is 4.79 Å². The summed E-state index contributed by atoms with van der Waals surface area (Å²) < 4.78 is 27.1. The molecule has 0 aliphatic carbocycles. The van der Waals surface area contributed by atoms with Gasteiger partial charge >= 0.3 is 12.1 Å². The van der Waals surface area contributed by atoms with E-state index in [1.165, 1.54) is 12.0 Å². The van der Waals surface area contributed by atoms with Crippen LogP contribution >= 0.6 is 0 Å². The predicted octanol–water partition coefficient (Wildman–Crippen LogP) is 3.24. The van der Waals surface area contributed by atoms with Gasteiger partial charge in [0.2, 0.25) is 0 Å². The number of aliphatic hydroxyl groups is 1. The second-order valence-electron chi connectivity index (χ2n) is 9.19. The standard InChI is InChI=1S/C27H33NO8/c1-32-22-8-6-17(13-24(22)33-2)11-19-16-35-26(30)21(19)12-18-7-9-23(25(14-18)34-3)36-27(31)28-10-4-5-20(29)15-28/h6-9,13-14,19-21,29H,4-5,10-12,15-16H2,1-3H3/t19-,20?,21+/m0/s1. The molecular weight excluding hydrogens is 466 g/mol. The molecule has 3 atom stereocenters. The molecule has 2 fully saturated rings. The monoisotopic (exact) mass is 499 g/mol. The van der Waals surface area contributed by atoms with Gasteiger partial charge in [-0.15, -0.1) is 0 Å². The third-order valence-corrected chi connectivity index (χ3v) is 6.79. The number of carbonyl (C=O) groups is 2. The van der Waals surface area contributed by atoms with Crippen LogP contribution in [-0.4, -0.2) is 69.2 Å². The number of aliphatic hydroxyl groups excluding tert-OH is 1. The Hall–Kier alpha value is -3.46. The molecule has 1 N–H and O–H groups in total. The van der Waals surface area contributed by atoms with Gasteiger partial charge in [0.25, 0.3) is 0 Å². The number of esters is 1. The van der Waals surface area contributed by atoms with E-state index in [1.807, 2.05) is 24.3 Å². The molecule has 2 aliphatic rings. The van der Waals surface area contributed by atoms with Gasteiger partial charge in [0.05, 0.1) is 40.0 Å². The number of cyclic esters (lactones) is 1. The van der Waals surface area contributed by atoms with Crippen molar-refractivity contribution in [3.8, 4) is 23.0 Å². The smallest absolute Gasteiger partial charge is 0.415 e. The van der Waals surface area contributed by atoms with E-state index in [1.54, 1.807) is 26.4 Å². The van der Waals surface area contributed by atoms with Gasteiger partial charge in [0.1, 0.15) is 0 Å². The molecule has 2 heterocycles. The number of hydrogen-bond acceptors (Lipinski definition) is 8. The zero-order valence-corrected chi connectivity index (χ0v) is 20.9. The number of rotatable bonds is 8. The Balaban J connectivity index is 1.44. The summed E-state index contributed by atoms with van der Waals surface area (Å²) in [6.45, 7) is 1.15. The highest BCUT2D eigenvalue weighted by Crippen LogP contribution is 2.35. The molecule has 2 saturated heterocycles. The first kappa shape index (κ1) is 25.6. The van der Waals surface area contributed by atoms with Crippen molar-refractivity contribution in [1.82, 2.24) is 4.90 Å². The molecule has 9 nitrogen and oxygen atoms in total. The third kappa shape index (κ3) is 5.84. The molecule has 0 saturated carbocycles. The van der Waals surface area contributed by atoms with Gasteiger partial charge < -0.3 is 33.7 Å². The van der Waals surface area contributed by atoms with Gasteiger partial charge in [-0.2, -0.15) is 0 Å². The highest BCUT2D eigenvalue weighted by Gasteiger charge is 2.37. The average molecular weight is 500 g/mol. The number of methoxy groups -OCH3 is 3. The van der Waals surface area contributed by atoms with E-state index < -0.39 is 12.2 Å². The highest BCUT2D eigenvalue weighted by molar-refractivity contribution is 5.75. The van der Waals surface area contributed by atoms with Crippen LogP contribution in [0.3, 0.4) is 0 Å². The van der Waals surface area contributed by atoms with Crippen LogP contribution < -0.4 is 18.9 Å². The van der Waals surface area contributed by atoms with Crippen molar-refractivity contribution in [2.45, 2.75) is 31.8 Å². The van der Waals surface area contributed by atoms with Crippen molar-refractivity contribution in [3.05, 3.63) is 47.5 Å². The number of piperidine rings is 1. The van der Waals surface area contributed by atoms with Crippen molar-refractivity contribution in [2.24, 2.45) is 11.8 Å². The largest absolute Gasteiger partial charge is 0.493 e. The fourth-order valence-electron chi connectivity index (χ4n) is 4.82. The van der Waals surface area contributed by atoms with Crippen LogP contribution in [0.25, 0.3) is 0 Å². The molecule has 1 unspecified atom stereocenters. The summed E-state index contributed by atoms with van der Waals surface area (Å²) in [5.74, 6) is 1.46. The lowest BCUT2D eigenvalue weighted by Crippen LogP contribution is -2.43. The van der Waals surface area contributed by atoms with E-state index in [4.69, 9.17) is 23.7 Å². The zero-order chi connectivity index (χ0) is 25.7. The lowest BCUT2D eigenvalue weighted by atomic mass is 9.85.